The van der Waals surface area contributed by atoms with Gasteiger partial charge in [0.1, 0.15) is 0 Å². The third-order valence-corrected chi connectivity index (χ3v) is 4.76. The highest BCUT2D eigenvalue weighted by Crippen LogP contribution is 2.26. The molecule has 1 fully saturated rings. The van der Waals surface area contributed by atoms with Crippen LogP contribution in [-0.2, 0) is 0 Å². The van der Waals surface area contributed by atoms with Crippen LogP contribution in [0.5, 0.6) is 0 Å². The Kier molecular flexibility index (Phi) is 6.15. The van der Waals surface area contributed by atoms with E-state index in [2.05, 4.69) is 41.9 Å². The Balaban J connectivity index is 2.03. The van der Waals surface area contributed by atoms with Crippen molar-refractivity contribution >= 4 is 0 Å². The van der Waals surface area contributed by atoms with E-state index in [1.807, 2.05) is 18.5 Å². The van der Waals surface area contributed by atoms with Crippen LogP contribution in [0, 0.1) is 5.92 Å². The van der Waals surface area contributed by atoms with Gasteiger partial charge in [-0.15, -0.1) is 0 Å². The van der Waals surface area contributed by atoms with Crippen LogP contribution >= 0.6 is 0 Å². The quantitative estimate of drug-likeness (QED) is 0.872. The number of rotatable bonds is 6. The summed E-state index contributed by atoms with van der Waals surface area (Å²) in [6.45, 7) is 5.73. The fourth-order valence-electron chi connectivity index (χ4n) is 3.37. The van der Waals surface area contributed by atoms with Crippen molar-refractivity contribution in [3.63, 3.8) is 0 Å². The zero-order chi connectivity index (χ0) is 15.2. The molecule has 4 nitrogen and oxygen atoms in total. The molecular weight excluding hydrogens is 260 g/mol. The summed E-state index contributed by atoms with van der Waals surface area (Å²) >= 11 is 0. The summed E-state index contributed by atoms with van der Waals surface area (Å²) < 4.78 is 0. The lowest BCUT2D eigenvalue weighted by atomic mass is 9.93. The van der Waals surface area contributed by atoms with Crippen molar-refractivity contribution in [3.8, 4) is 0 Å². The monoisotopic (exact) mass is 290 g/mol. The minimum Gasteiger partial charge on any atom is -0.326 e. The lowest BCUT2D eigenvalue weighted by Crippen LogP contribution is -2.42. The third kappa shape index (κ3) is 4.50. The topological polar surface area (TPSA) is 45.4 Å². The predicted octanol–water partition coefficient (Wildman–Crippen LogP) is 2.13. The third-order valence-electron chi connectivity index (χ3n) is 4.76. The second-order valence-corrected chi connectivity index (χ2v) is 6.49. The molecule has 1 saturated heterocycles. The molecule has 21 heavy (non-hydrogen) atoms. The minimum absolute atomic E-state index is 0.158. The van der Waals surface area contributed by atoms with E-state index < -0.39 is 0 Å². The largest absolute Gasteiger partial charge is 0.326 e. The highest BCUT2D eigenvalue weighted by atomic mass is 15.2. The fourth-order valence-corrected chi connectivity index (χ4v) is 3.37. The van der Waals surface area contributed by atoms with Gasteiger partial charge < -0.3 is 10.6 Å². The van der Waals surface area contributed by atoms with E-state index in [1.165, 1.54) is 31.5 Å². The van der Waals surface area contributed by atoms with E-state index in [0.717, 1.165) is 18.9 Å². The number of nitrogens with two attached hydrogens (primary N) is 1. The van der Waals surface area contributed by atoms with E-state index in [1.54, 1.807) is 0 Å². The smallest absolute Gasteiger partial charge is 0.0511 e. The van der Waals surface area contributed by atoms with Gasteiger partial charge in [-0.2, -0.15) is 0 Å². The zero-order valence-corrected chi connectivity index (χ0v) is 13.7. The lowest BCUT2D eigenvalue weighted by Gasteiger charge is -2.37. The van der Waals surface area contributed by atoms with Gasteiger partial charge in [0, 0.05) is 25.0 Å². The van der Waals surface area contributed by atoms with Crippen molar-refractivity contribution in [1.29, 1.82) is 0 Å². The minimum atomic E-state index is 0.158. The standard InChI is InChI=1S/C17H30N4/c1-4-16(18)17(15-6-5-9-19-12-15)21(3)13-14-7-10-20(2)11-8-14/h5-6,9,12,14,16-17H,4,7-8,10-11,13,18H2,1-3H3. The van der Waals surface area contributed by atoms with E-state index in [4.69, 9.17) is 5.73 Å². The molecule has 0 saturated carbocycles. The first-order valence-corrected chi connectivity index (χ1v) is 8.16. The van der Waals surface area contributed by atoms with Crippen LogP contribution in [-0.4, -0.2) is 54.6 Å². The molecule has 2 rings (SSSR count). The lowest BCUT2D eigenvalue weighted by molar-refractivity contribution is 0.136. The second kappa shape index (κ2) is 7.87. The predicted molar refractivity (Wildman–Crippen MR) is 88.1 cm³/mol. The molecule has 0 aromatic carbocycles. The number of pyridine rings is 1. The van der Waals surface area contributed by atoms with E-state index in [0.29, 0.717) is 0 Å². The fraction of sp³-hybridized carbons (Fsp3) is 0.706. The Hall–Kier alpha value is -0.970. The Morgan fingerprint density at radius 3 is 2.71 bits per heavy atom. The van der Waals surface area contributed by atoms with Gasteiger partial charge in [-0.05, 0) is 64.0 Å². The first kappa shape index (κ1) is 16.4. The number of hydrogen-bond acceptors (Lipinski definition) is 4. The normalized spacial score (nSPS) is 20.6. The Morgan fingerprint density at radius 2 is 2.14 bits per heavy atom. The van der Waals surface area contributed by atoms with Crippen LogP contribution in [0.2, 0.25) is 0 Å². The number of aromatic nitrogens is 1. The number of nitrogens with zero attached hydrogens (tertiary/aromatic N) is 3. The Bertz CT molecular complexity index is 401. The molecule has 2 atom stereocenters. The molecule has 0 bridgehead atoms. The van der Waals surface area contributed by atoms with Crippen LogP contribution in [0.3, 0.4) is 0 Å². The summed E-state index contributed by atoms with van der Waals surface area (Å²) in [5.41, 5.74) is 7.64. The molecule has 4 heteroatoms. The van der Waals surface area contributed by atoms with Gasteiger partial charge in [0.05, 0.1) is 6.04 Å². The molecule has 2 unspecified atom stereocenters. The van der Waals surface area contributed by atoms with Crippen LogP contribution < -0.4 is 5.73 Å². The van der Waals surface area contributed by atoms with E-state index >= 15 is 0 Å². The number of likely N-dealkylation sites (tertiary alicyclic amines) is 1. The van der Waals surface area contributed by atoms with Gasteiger partial charge in [-0.25, -0.2) is 0 Å². The van der Waals surface area contributed by atoms with Crippen molar-refractivity contribution in [2.45, 2.75) is 38.3 Å². The molecule has 1 aromatic heterocycles. The molecule has 118 valence electrons. The van der Waals surface area contributed by atoms with Gasteiger partial charge in [0.15, 0.2) is 0 Å². The van der Waals surface area contributed by atoms with Gasteiger partial charge >= 0.3 is 0 Å². The molecule has 1 aliphatic heterocycles. The van der Waals surface area contributed by atoms with Crippen molar-refractivity contribution in [2.24, 2.45) is 11.7 Å². The first-order valence-electron chi connectivity index (χ1n) is 8.16. The van der Waals surface area contributed by atoms with Crippen molar-refractivity contribution in [3.05, 3.63) is 30.1 Å². The SMILES string of the molecule is CCC(N)C(c1cccnc1)N(C)CC1CCN(C)CC1. The van der Waals surface area contributed by atoms with Crippen molar-refractivity contribution in [1.82, 2.24) is 14.8 Å². The Labute approximate surface area is 129 Å². The summed E-state index contributed by atoms with van der Waals surface area (Å²) in [6, 6.07) is 4.58. The van der Waals surface area contributed by atoms with Crippen molar-refractivity contribution < 1.29 is 0 Å². The average molecular weight is 290 g/mol. The average Bonchev–Trinajstić information content (AvgIpc) is 2.50. The summed E-state index contributed by atoms with van der Waals surface area (Å²) in [4.78, 5) is 9.14. The van der Waals surface area contributed by atoms with Gasteiger partial charge in [0.2, 0.25) is 0 Å². The molecule has 1 aromatic rings. The molecule has 0 amide bonds. The molecule has 2 heterocycles. The second-order valence-electron chi connectivity index (χ2n) is 6.49. The maximum Gasteiger partial charge on any atom is 0.0511 e. The van der Waals surface area contributed by atoms with Gasteiger partial charge in [-0.1, -0.05) is 13.0 Å². The number of hydrogen-bond donors (Lipinski definition) is 1. The van der Waals surface area contributed by atoms with Gasteiger partial charge in [-0.3, -0.25) is 9.88 Å². The highest BCUT2D eigenvalue weighted by molar-refractivity contribution is 5.16. The zero-order valence-electron chi connectivity index (χ0n) is 13.7. The first-order chi connectivity index (χ1) is 10.1. The van der Waals surface area contributed by atoms with Crippen molar-refractivity contribution in [2.75, 3.05) is 33.7 Å². The Morgan fingerprint density at radius 1 is 1.43 bits per heavy atom. The maximum atomic E-state index is 6.40. The van der Waals surface area contributed by atoms with Gasteiger partial charge in [0.25, 0.3) is 0 Å². The summed E-state index contributed by atoms with van der Waals surface area (Å²) in [6.07, 6.45) is 7.36. The maximum absolute atomic E-state index is 6.40. The molecular formula is C17H30N4. The summed E-state index contributed by atoms with van der Waals surface area (Å²) in [5.74, 6) is 0.787. The van der Waals surface area contributed by atoms with Crippen LogP contribution in [0.1, 0.15) is 37.8 Å². The van der Waals surface area contributed by atoms with E-state index in [-0.39, 0.29) is 12.1 Å². The van der Waals surface area contributed by atoms with Crippen LogP contribution in [0.25, 0.3) is 0 Å². The van der Waals surface area contributed by atoms with Crippen LogP contribution in [0.4, 0.5) is 0 Å². The molecule has 1 aliphatic rings. The molecule has 0 radical (unpaired) electrons. The molecule has 2 N–H and O–H groups in total. The molecule has 0 spiro atoms. The molecule has 0 aliphatic carbocycles. The summed E-state index contributed by atoms with van der Waals surface area (Å²) in [5, 5.41) is 0. The van der Waals surface area contributed by atoms with Crippen LogP contribution in [0.15, 0.2) is 24.5 Å². The summed E-state index contributed by atoms with van der Waals surface area (Å²) in [7, 11) is 4.43. The number of likely N-dealkylation sites (N-methyl/N-ethyl adjacent to an activating group) is 1. The highest BCUT2D eigenvalue weighted by Gasteiger charge is 2.26. The van der Waals surface area contributed by atoms with E-state index in [9.17, 15) is 0 Å². The number of piperidine rings is 1.